The summed E-state index contributed by atoms with van der Waals surface area (Å²) in [6.07, 6.45) is 1.81. The van der Waals surface area contributed by atoms with Crippen molar-refractivity contribution >= 4 is 0 Å². The number of aryl methyl sites for hydroxylation is 1. The summed E-state index contributed by atoms with van der Waals surface area (Å²) in [7, 11) is 1.58. The van der Waals surface area contributed by atoms with Crippen LogP contribution in [0.3, 0.4) is 0 Å². The summed E-state index contributed by atoms with van der Waals surface area (Å²) in [5.74, 6) is 0.442. The van der Waals surface area contributed by atoms with Gasteiger partial charge in [-0.05, 0) is 19.1 Å². The van der Waals surface area contributed by atoms with Gasteiger partial charge in [0, 0.05) is 17.3 Å². The summed E-state index contributed by atoms with van der Waals surface area (Å²) in [5.41, 5.74) is 2.19. The van der Waals surface area contributed by atoms with Crippen LogP contribution in [0.2, 0.25) is 0 Å². The number of methoxy groups -OCH3 is 1. The number of aromatic amines is 1. The molecular formula is C12H12FNO. The number of halogens is 1. The fraction of sp³-hybridized carbons (Fsp3) is 0.167. The molecule has 2 rings (SSSR count). The molecule has 0 saturated heterocycles. The average Bonchev–Trinajstić information content (AvgIpc) is 2.60. The highest BCUT2D eigenvalue weighted by atomic mass is 19.1. The molecule has 0 amide bonds. The van der Waals surface area contributed by atoms with Gasteiger partial charge in [-0.3, -0.25) is 0 Å². The normalized spacial score (nSPS) is 10.3. The average molecular weight is 205 g/mol. The van der Waals surface area contributed by atoms with E-state index in [4.69, 9.17) is 4.74 Å². The zero-order valence-electron chi connectivity index (χ0n) is 8.67. The Bertz CT molecular complexity index is 476. The van der Waals surface area contributed by atoms with Crippen molar-refractivity contribution in [1.82, 2.24) is 4.98 Å². The number of aromatic nitrogens is 1. The van der Waals surface area contributed by atoms with Crippen LogP contribution in [-0.4, -0.2) is 12.1 Å². The molecule has 0 aliphatic heterocycles. The van der Waals surface area contributed by atoms with Crippen molar-refractivity contribution in [2.45, 2.75) is 6.92 Å². The number of ether oxygens (including phenoxy) is 1. The van der Waals surface area contributed by atoms with Gasteiger partial charge in [0.1, 0.15) is 11.6 Å². The van der Waals surface area contributed by atoms with Gasteiger partial charge in [-0.25, -0.2) is 4.39 Å². The standard InChI is InChI=1S/C12H12FNO/c1-8-7-14-11(12(8)15-2)9-5-3-4-6-10(9)13/h3-7,14H,1-2H3. The van der Waals surface area contributed by atoms with Gasteiger partial charge in [-0.2, -0.15) is 0 Å². The van der Waals surface area contributed by atoms with E-state index in [9.17, 15) is 4.39 Å². The topological polar surface area (TPSA) is 25.0 Å². The first-order valence-corrected chi connectivity index (χ1v) is 4.71. The summed E-state index contributed by atoms with van der Waals surface area (Å²) in [6, 6.07) is 6.63. The van der Waals surface area contributed by atoms with Gasteiger partial charge in [-0.1, -0.05) is 12.1 Å². The summed E-state index contributed by atoms with van der Waals surface area (Å²) < 4.78 is 18.8. The van der Waals surface area contributed by atoms with Crippen molar-refractivity contribution in [3.05, 3.63) is 41.8 Å². The van der Waals surface area contributed by atoms with E-state index in [1.807, 2.05) is 6.92 Å². The van der Waals surface area contributed by atoms with Crippen LogP contribution in [0.15, 0.2) is 30.5 Å². The summed E-state index contributed by atoms with van der Waals surface area (Å²) >= 11 is 0. The first-order valence-electron chi connectivity index (χ1n) is 4.71. The lowest BCUT2D eigenvalue weighted by atomic mass is 10.1. The van der Waals surface area contributed by atoms with E-state index < -0.39 is 0 Å². The maximum Gasteiger partial charge on any atom is 0.147 e. The largest absolute Gasteiger partial charge is 0.494 e. The Kier molecular flexibility index (Phi) is 2.46. The zero-order valence-corrected chi connectivity index (χ0v) is 8.67. The van der Waals surface area contributed by atoms with E-state index in [-0.39, 0.29) is 5.82 Å². The highest BCUT2D eigenvalue weighted by molar-refractivity contribution is 5.69. The summed E-state index contributed by atoms with van der Waals surface area (Å²) in [6.45, 7) is 1.92. The van der Waals surface area contributed by atoms with E-state index in [1.54, 1.807) is 31.5 Å². The molecular weight excluding hydrogens is 193 g/mol. The van der Waals surface area contributed by atoms with Crippen LogP contribution in [0, 0.1) is 12.7 Å². The van der Waals surface area contributed by atoms with Crippen LogP contribution >= 0.6 is 0 Å². The van der Waals surface area contributed by atoms with Crippen LogP contribution in [0.5, 0.6) is 5.75 Å². The minimum Gasteiger partial charge on any atom is -0.494 e. The van der Waals surface area contributed by atoms with Crippen molar-refractivity contribution < 1.29 is 9.13 Å². The second-order valence-electron chi connectivity index (χ2n) is 3.36. The molecule has 0 aliphatic carbocycles. The first kappa shape index (κ1) is 9.77. The number of benzene rings is 1. The van der Waals surface area contributed by atoms with E-state index in [2.05, 4.69) is 4.98 Å². The lowest BCUT2D eigenvalue weighted by Crippen LogP contribution is -1.89. The maximum absolute atomic E-state index is 13.5. The third-order valence-corrected chi connectivity index (χ3v) is 2.37. The van der Waals surface area contributed by atoms with Gasteiger partial charge in [0.25, 0.3) is 0 Å². The molecule has 0 atom stereocenters. The van der Waals surface area contributed by atoms with Crippen LogP contribution in [0.1, 0.15) is 5.56 Å². The number of nitrogens with one attached hydrogen (secondary N) is 1. The Morgan fingerprint density at radius 1 is 1.27 bits per heavy atom. The fourth-order valence-corrected chi connectivity index (χ4v) is 1.64. The van der Waals surface area contributed by atoms with Crippen molar-refractivity contribution in [1.29, 1.82) is 0 Å². The Morgan fingerprint density at radius 2 is 2.00 bits per heavy atom. The molecule has 0 unspecified atom stereocenters. The van der Waals surface area contributed by atoms with Crippen molar-refractivity contribution in [3.8, 4) is 17.0 Å². The molecule has 0 spiro atoms. The van der Waals surface area contributed by atoms with Gasteiger partial charge >= 0.3 is 0 Å². The molecule has 1 heterocycles. The summed E-state index contributed by atoms with van der Waals surface area (Å²) in [4.78, 5) is 3.02. The fourth-order valence-electron chi connectivity index (χ4n) is 1.64. The first-order chi connectivity index (χ1) is 7.24. The smallest absolute Gasteiger partial charge is 0.147 e. The van der Waals surface area contributed by atoms with Crippen LogP contribution < -0.4 is 4.74 Å². The van der Waals surface area contributed by atoms with Crippen LogP contribution in [0.4, 0.5) is 4.39 Å². The van der Waals surface area contributed by atoms with Gasteiger partial charge in [0.2, 0.25) is 0 Å². The maximum atomic E-state index is 13.5. The molecule has 1 N–H and O–H groups in total. The molecule has 0 saturated carbocycles. The lowest BCUT2D eigenvalue weighted by Gasteiger charge is -2.05. The van der Waals surface area contributed by atoms with E-state index in [0.29, 0.717) is 17.0 Å². The minimum absolute atomic E-state index is 0.252. The Morgan fingerprint density at radius 3 is 2.67 bits per heavy atom. The van der Waals surface area contributed by atoms with Crippen LogP contribution in [0.25, 0.3) is 11.3 Å². The monoisotopic (exact) mass is 205 g/mol. The van der Waals surface area contributed by atoms with E-state index in [1.165, 1.54) is 6.07 Å². The van der Waals surface area contributed by atoms with Crippen molar-refractivity contribution in [3.63, 3.8) is 0 Å². The lowest BCUT2D eigenvalue weighted by molar-refractivity contribution is 0.414. The third kappa shape index (κ3) is 1.61. The molecule has 0 bridgehead atoms. The number of hydrogen-bond acceptors (Lipinski definition) is 1. The van der Waals surface area contributed by atoms with Crippen molar-refractivity contribution in [2.75, 3.05) is 7.11 Å². The number of H-pyrrole nitrogens is 1. The molecule has 1 aromatic carbocycles. The Balaban J connectivity index is 2.59. The minimum atomic E-state index is -0.252. The molecule has 1 aromatic heterocycles. The molecule has 0 aliphatic rings. The van der Waals surface area contributed by atoms with Gasteiger partial charge in [0.05, 0.1) is 12.8 Å². The molecule has 0 radical (unpaired) electrons. The van der Waals surface area contributed by atoms with Gasteiger partial charge in [0.15, 0.2) is 0 Å². The highest BCUT2D eigenvalue weighted by Crippen LogP contribution is 2.33. The van der Waals surface area contributed by atoms with Crippen molar-refractivity contribution in [2.24, 2.45) is 0 Å². The SMILES string of the molecule is COc1c(C)c[nH]c1-c1ccccc1F. The Hall–Kier alpha value is -1.77. The quantitative estimate of drug-likeness (QED) is 0.800. The molecule has 3 heteroatoms. The highest BCUT2D eigenvalue weighted by Gasteiger charge is 2.13. The second kappa shape index (κ2) is 3.77. The number of rotatable bonds is 2. The molecule has 0 fully saturated rings. The zero-order chi connectivity index (χ0) is 10.8. The second-order valence-corrected chi connectivity index (χ2v) is 3.36. The van der Waals surface area contributed by atoms with Gasteiger partial charge in [-0.15, -0.1) is 0 Å². The molecule has 2 aromatic rings. The number of hydrogen-bond donors (Lipinski definition) is 1. The molecule has 2 nitrogen and oxygen atoms in total. The summed E-state index contributed by atoms with van der Waals surface area (Å²) in [5, 5.41) is 0. The third-order valence-electron chi connectivity index (χ3n) is 2.37. The predicted molar refractivity (Wildman–Crippen MR) is 57.5 cm³/mol. The Labute approximate surface area is 87.7 Å². The van der Waals surface area contributed by atoms with E-state index in [0.717, 1.165) is 5.56 Å². The predicted octanol–water partition coefficient (Wildman–Crippen LogP) is 3.14. The molecule has 78 valence electrons. The van der Waals surface area contributed by atoms with Crippen LogP contribution in [-0.2, 0) is 0 Å². The van der Waals surface area contributed by atoms with Gasteiger partial charge < -0.3 is 9.72 Å². The molecule has 15 heavy (non-hydrogen) atoms. The van der Waals surface area contributed by atoms with E-state index >= 15 is 0 Å².